The standard InChI is InChI=1S/C33H37N2SSi.C17H32O2.Ir/c1-32(2)17-24(18-33(3,4)19-32)21-12-13-26-27(15-21)36-31-29(34-20-35-30(26)31)23-14-22-10-8-9-11-25(22)28(16-23)37(5,6)7;1-10(2)16(11(3)4)14(18)9-15(19)17(12(5)6)13(7)8;/h8-13,15-16,20,24H,17-19H2,1-7H3;9-13,16-18H,1-8H3;/q-1;;/b;14-9-;/i20D;;. The van der Waals surface area contributed by atoms with Crippen molar-refractivity contribution >= 4 is 61.5 Å². The summed E-state index contributed by atoms with van der Waals surface area (Å²) in [6, 6.07) is 21.4. The van der Waals surface area contributed by atoms with E-state index in [1.54, 1.807) is 11.3 Å². The van der Waals surface area contributed by atoms with E-state index in [0.29, 0.717) is 40.4 Å². The van der Waals surface area contributed by atoms with Gasteiger partial charge in [-0.1, -0.05) is 144 Å². The minimum absolute atomic E-state index is 0. The molecule has 2 aromatic heterocycles. The summed E-state index contributed by atoms with van der Waals surface area (Å²) >= 11 is 1.77. The molecule has 6 rings (SSSR count). The Morgan fingerprint density at radius 1 is 0.860 bits per heavy atom. The van der Waals surface area contributed by atoms with Crippen LogP contribution in [0.15, 0.2) is 66.7 Å². The van der Waals surface area contributed by atoms with E-state index in [2.05, 4.69) is 162 Å². The van der Waals surface area contributed by atoms with Crippen molar-refractivity contribution in [3.63, 3.8) is 0 Å². The average molecular weight is 983 g/mol. The molecule has 0 spiro atoms. The summed E-state index contributed by atoms with van der Waals surface area (Å²) in [5.74, 6) is 2.19. The molecule has 311 valence electrons. The normalized spacial score (nSPS) is 16.6. The number of aromatic nitrogens is 2. The van der Waals surface area contributed by atoms with Gasteiger partial charge < -0.3 is 5.11 Å². The van der Waals surface area contributed by atoms with Gasteiger partial charge in [-0.15, -0.1) is 40.1 Å². The number of nitrogens with zero attached hydrogens (tertiary/aromatic N) is 2. The van der Waals surface area contributed by atoms with Gasteiger partial charge in [0.1, 0.15) is 7.67 Å². The van der Waals surface area contributed by atoms with E-state index in [0.717, 1.165) is 32.2 Å². The third kappa shape index (κ3) is 10.9. The predicted octanol–water partition coefficient (Wildman–Crippen LogP) is 14.2. The van der Waals surface area contributed by atoms with Crippen LogP contribution in [0.2, 0.25) is 19.6 Å². The topological polar surface area (TPSA) is 63.1 Å². The molecule has 5 aromatic rings. The first-order chi connectivity index (χ1) is 26.4. The number of allylic oxidation sites excluding steroid dienone is 2. The summed E-state index contributed by atoms with van der Waals surface area (Å²) in [6.45, 7) is 33.5. The molecule has 0 bridgehead atoms. The molecule has 57 heavy (non-hydrogen) atoms. The van der Waals surface area contributed by atoms with Crippen LogP contribution in [0.1, 0.15) is 115 Å². The second-order valence-electron chi connectivity index (χ2n) is 20.7. The van der Waals surface area contributed by atoms with Crippen molar-refractivity contribution in [1.29, 1.82) is 0 Å². The van der Waals surface area contributed by atoms with Crippen LogP contribution in [0, 0.1) is 52.4 Å². The van der Waals surface area contributed by atoms with Gasteiger partial charge in [0.25, 0.3) is 0 Å². The van der Waals surface area contributed by atoms with Crippen LogP contribution in [0.3, 0.4) is 0 Å². The Labute approximate surface area is 364 Å². The third-order valence-corrected chi connectivity index (χ3v) is 15.1. The summed E-state index contributed by atoms with van der Waals surface area (Å²) in [7, 11) is -1.63. The molecule has 1 radical (unpaired) electrons. The van der Waals surface area contributed by atoms with Crippen molar-refractivity contribution in [3.05, 3.63) is 78.3 Å². The average Bonchev–Trinajstić information content (AvgIpc) is 3.42. The van der Waals surface area contributed by atoms with Crippen molar-refractivity contribution in [1.82, 2.24) is 9.97 Å². The van der Waals surface area contributed by atoms with E-state index in [4.69, 9.17) is 6.35 Å². The van der Waals surface area contributed by atoms with Crippen LogP contribution in [0.4, 0.5) is 0 Å². The first kappa shape index (κ1) is 45.4. The molecule has 1 fully saturated rings. The Hall–Kier alpha value is -2.70. The van der Waals surface area contributed by atoms with Crippen LogP contribution in [-0.2, 0) is 24.9 Å². The number of carbonyl (C=O) groups excluding carboxylic acids is 1. The van der Waals surface area contributed by atoms with Gasteiger partial charge in [0.05, 0.1) is 19.3 Å². The molecule has 0 amide bonds. The van der Waals surface area contributed by atoms with Gasteiger partial charge in [-0.3, -0.25) is 9.78 Å². The SMILES string of the molecule is CC(C)C(C(=O)/C=C(\O)C(C(C)C)C(C)C)C(C)C.[2H]c1nc(-c2[c-]c3ccccc3c([Si](C)(C)C)c2)c2sc3cc(C4CC(C)(C)CC(C)(C)C4)ccc3c2n1.[Ir]. The van der Waals surface area contributed by atoms with Crippen molar-refractivity contribution in [3.8, 4) is 11.3 Å². The summed E-state index contributed by atoms with van der Waals surface area (Å²) in [4.78, 5) is 21.7. The third-order valence-electron chi connectivity index (χ3n) is 11.9. The molecular formula is C50H69IrN2O2SSi-. The van der Waals surface area contributed by atoms with Crippen molar-refractivity contribution in [2.75, 3.05) is 0 Å². The van der Waals surface area contributed by atoms with Crippen molar-refractivity contribution < 1.29 is 31.4 Å². The molecule has 1 saturated carbocycles. The number of thiophene rings is 1. The maximum Gasteiger partial charge on any atom is 0.162 e. The zero-order valence-electron chi connectivity index (χ0n) is 38.4. The van der Waals surface area contributed by atoms with Gasteiger partial charge >= 0.3 is 0 Å². The number of carbonyl (C=O) groups is 1. The van der Waals surface area contributed by atoms with Crippen molar-refractivity contribution in [2.24, 2.45) is 46.3 Å². The van der Waals surface area contributed by atoms with Gasteiger partial charge in [0.2, 0.25) is 0 Å². The van der Waals surface area contributed by atoms with Gasteiger partial charge in [-0.2, -0.15) is 0 Å². The van der Waals surface area contributed by atoms with Gasteiger partial charge in [-0.05, 0) is 71.3 Å². The zero-order valence-corrected chi connectivity index (χ0v) is 41.6. The fourth-order valence-electron chi connectivity index (χ4n) is 10.3. The molecule has 2 heterocycles. The Morgan fingerprint density at radius 2 is 1.44 bits per heavy atom. The van der Waals surface area contributed by atoms with Crippen molar-refractivity contribution in [2.45, 2.75) is 128 Å². The van der Waals surface area contributed by atoms with Gasteiger partial charge in [0.15, 0.2) is 5.78 Å². The molecule has 3 aromatic carbocycles. The van der Waals surface area contributed by atoms with Gasteiger partial charge in [-0.25, -0.2) is 4.98 Å². The number of aliphatic hydroxyl groups is 1. The molecule has 4 nitrogen and oxygen atoms in total. The van der Waals surface area contributed by atoms with Gasteiger partial charge in [0, 0.05) is 58.5 Å². The number of hydrogen-bond donors (Lipinski definition) is 1. The Bertz CT molecular complexity index is 2230. The van der Waals surface area contributed by atoms with Crippen LogP contribution in [0.25, 0.3) is 42.3 Å². The number of hydrogen-bond acceptors (Lipinski definition) is 5. The molecule has 0 unspecified atom stereocenters. The summed E-state index contributed by atoms with van der Waals surface area (Å²) in [5.41, 5.74) is 4.84. The number of aliphatic hydroxyl groups excluding tert-OH is 1. The fourth-order valence-corrected chi connectivity index (χ4v) is 13.1. The number of ketones is 1. The Balaban J connectivity index is 0.000000319. The maximum atomic E-state index is 12.3. The molecule has 0 aliphatic heterocycles. The maximum absolute atomic E-state index is 12.3. The molecule has 1 aliphatic rings. The van der Waals surface area contributed by atoms with E-state index < -0.39 is 8.07 Å². The smallest absolute Gasteiger partial charge is 0.162 e. The number of fused-ring (bicyclic) bond motifs is 4. The molecule has 0 atom stereocenters. The van der Waals surface area contributed by atoms with Crippen LogP contribution < -0.4 is 5.19 Å². The van der Waals surface area contributed by atoms with E-state index in [1.165, 1.54) is 46.2 Å². The minimum atomic E-state index is -1.63. The molecule has 0 saturated heterocycles. The molecule has 1 N–H and O–H groups in total. The second-order valence-corrected chi connectivity index (χ2v) is 26.8. The number of rotatable bonds is 10. The summed E-state index contributed by atoms with van der Waals surface area (Å²) in [5, 5.41) is 15.2. The second kappa shape index (κ2) is 18.3. The zero-order chi connectivity index (χ0) is 42.4. The quantitative estimate of drug-likeness (QED) is 0.0655. The first-order valence-corrected chi connectivity index (χ1v) is 25.3. The van der Waals surface area contributed by atoms with Crippen LogP contribution in [-0.4, -0.2) is 28.9 Å². The van der Waals surface area contributed by atoms with E-state index in [9.17, 15) is 9.90 Å². The number of benzene rings is 3. The fraction of sp³-hybridized carbons (Fsp3) is 0.540. The minimum Gasteiger partial charge on any atom is -0.512 e. The van der Waals surface area contributed by atoms with E-state index in [1.807, 2.05) is 0 Å². The molecule has 1 aliphatic carbocycles. The van der Waals surface area contributed by atoms with E-state index in [-0.39, 0.29) is 49.8 Å². The summed E-state index contributed by atoms with van der Waals surface area (Å²) < 4.78 is 10.8. The van der Waals surface area contributed by atoms with E-state index >= 15 is 0 Å². The summed E-state index contributed by atoms with van der Waals surface area (Å²) in [6.07, 6.45) is 5.27. The van der Waals surface area contributed by atoms with Crippen LogP contribution in [0.5, 0.6) is 0 Å². The predicted molar refractivity (Wildman–Crippen MR) is 246 cm³/mol. The van der Waals surface area contributed by atoms with Crippen LogP contribution >= 0.6 is 11.3 Å². The largest absolute Gasteiger partial charge is 0.512 e. The first-order valence-electron chi connectivity index (χ1n) is 21.5. The Kier molecular flexibility index (Phi) is 14.6. The molecule has 7 heteroatoms. The Morgan fingerprint density at radius 3 is 2.00 bits per heavy atom. The molecular weight excluding hydrogens is 913 g/mol. The monoisotopic (exact) mass is 983 g/mol.